The van der Waals surface area contributed by atoms with E-state index in [1.807, 2.05) is 30.3 Å². The number of carbonyl (C=O) groups excluding carboxylic acids is 2. The normalized spacial score (nSPS) is 10.5. The molecule has 0 fully saturated rings. The number of fused-ring (bicyclic) bond motifs is 1. The standard InChI is InChI=1S/C23H17N3O6S/c1-31-16-8-4-5-9-17(16)32-23-26-19(25-21(28)22(29)30)18(33-23)20(27)24-15-11-10-13-6-2-3-7-14(13)12-15/h2-12H,1H3,(H,24,27)(H,25,28)(H,29,30). The number of carboxylic acids is 1. The Balaban J connectivity index is 1.64. The van der Waals surface area contributed by atoms with Crippen LogP contribution in [0.1, 0.15) is 9.67 Å². The second kappa shape index (κ2) is 9.37. The molecule has 9 nitrogen and oxygen atoms in total. The van der Waals surface area contributed by atoms with E-state index in [0.29, 0.717) is 17.2 Å². The summed E-state index contributed by atoms with van der Waals surface area (Å²) in [4.78, 5) is 39.8. The van der Waals surface area contributed by atoms with Gasteiger partial charge >= 0.3 is 11.9 Å². The predicted molar refractivity (Wildman–Crippen MR) is 123 cm³/mol. The van der Waals surface area contributed by atoms with E-state index in [-0.39, 0.29) is 15.9 Å². The lowest BCUT2D eigenvalue weighted by atomic mass is 10.1. The van der Waals surface area contributed by atoms with Gasteiger partial charge in [-0.2, -0.15) is 4.98 Å². The summed E-state index contributed by atoms with van der Waals surface area (Å²) in [5.74, 6) is -3.08. The first-order valence-electron chi connectivity index (χ1n) is 9.60. The number of ether oxygens (including phenoxy) is 2. The molecule has 0 bridgehead atoms. The molecular formula is C23H17N3O6S. The predicted octanol–water partition coefficient (Wildman–Crippen LogP) is 4.37. The van der Waals surface area contributed by atoms with Crippen molar-refractivity contribution in [1.29, 1.82) is 0 Å². The average Bonchev–Trinajstić information content (AvgIpc) is 3.21. The lowest BCUT2D eigenvalue weighted by Gasteiger charge is -2.07. The van der Waals surface area contributed by atoms with Crippen LogP contribution in [0.2, 0.25) is 0 Å². The number of aromatic nitrogens is 1. The Morgan fingerprint density at radius 2 is 1.61 bits per heavy atom. The fraction of sp³-hybridized carbons (Fsp3) is 0.0435. The SMILES string of the molecule is COc1ccccc1Oc1nc(NC(=O)C(=O)O)c(C(=O)Nc2ccc3ccccc3c2)s1. The maximum atomic E-state index is 13.0. The number of thiazole rings is 1. The first-order valence-corrected chi connectivity index (χ1v) is 10.4. The second-order valence-electron chi connectivity index (χ2n) is 6.69. The quantitative estimate of drug-likeness (QED) is 0.362. The zero-order valence-electron chi connectivity index (χ0n) is 17.2. The summed E-state index contributed by atoms with van der Waals surface area (Å²) >= 11 is 0.850. The van der Waals surface area contributed by atoms with Crippen molar-refractivity contribution in [3.63, 3.8) is 0 Å². The first-order chi connectivity index (χ1) is 15.9. The van der Waals surface area contributed by atoms with Crippen LogP contribution in [0.5, 0.6) is 16.7 Å². The summed E-state index contributed by atoms with van der Waals surface area (Å²) in [7, 11) is 1.48. The number of hydrogen-bond acceptors (Lipinski definition) is 7. The maximum Gasteiger partial charge on any atom is 0.394 e. The van der Waals surface area contributed by atoms with Gasteiger partial charge in [0, 0.05) is 5.69 Å². The second-order valence-corrected chi connectivity index (χ2v) is 7.65. The molecular weight excluding hydrogens is 446 g/mol. The van der Waals surface area contributed by atoms with E-state index in [1.54, 1.807) is 36.4 Å². The molecule has 0 aliphatic heterocycles. The molecule has 0 aliphatic carbocycles. The summed E-state index contributed by atoms with van der Waals surface area (Å²) in [5, 5.41) is 15.8. The molecule has 10 heteroatoms. The number of rotatable bonds is 6. The molecule has 0 aliphatic rings. The van der Waals surface area contributed by atoms with Crippen molar-refractivity contribution in [3.8, 4) is 16.7 Å². The van der Waals surface area contributed by atoms with Gasteiger partial charge in [0.2, 0.25) is 0 Å². The van der Waals surface area contributed by atoms with Crippen LogP contribution >= 0.6 is 11.3 Å². The molecule has 3 aromatic carbocycles. The number of aliphatic carboxylic acids is 1. The van der Waals surface area contributed by atoms with Gasteiger partial charge in [-0.3, -0.25) is 14.9 Å². The minimum Gasteiger partial charge on any atom is -0.493 e. The van der Waals surface area contributed by atoms with Crippen molar-refractivity contribution in [1.82, 2.24) is 4.98 Å². The first kappa shape index (κ1) is 21.8. The minimum atomic E-state index is -1.71. The molecule has 0 atom stereocenters. The van der Waals surface area contributed by atoms with Crippen molar-refractivity contribution in [2.45, 2.75) is 0 Å². The minimum absolute atomic E-state index is 0.0175. The molecule has 1 aromatic heterocycles. The van der Waals surface area contributed by atoms with E-state index in [2.05, 4.69) is 15.6 Å². The highest BCUT2D eigenvalue weighted by Gasteiger charge is 2.24. The maximum absolute atomic E-state index is 13.0. The molecule has 33 heavy (non-hydrogen) atoms. The fourth-order valence-electron chi connectivity index (χ4n) is 3.00. The van der Waals surface area contributed by atoms with Gasteiger partial charge in [-0.05, 0) is 35.0 Å². The number of hydrogen-bond donors (Lipinski definition) is 3. The van der Waals surface area contributed by atoms with Crippen LogP contribution in [0.25, 0.3) is 10.8 Å². The highest BCUT2D eigenvalue weighted by atomic mass is 32.1. The van der Waals surface area contributed by atoms with Crippen LogP contribution in [-0.2, 0) is 9.59 Å². The summed E-state index contributed by atoms with van der Waals surface area (Å²) in [5.41, 5.74) is 0.523. The molecule has 0 radical (unpaired) electrons. The van der Waals surface area contributed by atoms with Gasteiger partial charge in [0.1, 0.15) is 4.88 Å². The summed E-state index contributed by atoms with van der Waals surface area (Å²) < 4.78 is 11.0. The topological polar surface area (TPSA) is 127 Å². The Labute approximate surface area is 191 Å². The van der Waals surface area contributed by atoms with Crippen LogP contribution in [0, 0.1) is 0 Å². The number of nitrogens with one attached hydrogen (secondary N) is 2. The molecule has 1 heterocycles. The molecule has 0 saturated heterocycles. The average molecular weight is 463 g/mol. The van der Waals surface area contributed by atoms with Gasteiger partial charge in [0.25, 0.3) is 11.1 Å². The van der Waals surface area contributed by atoms with Crippen LogP contribution in [0.3, 0.4) is 0 Å². The number of anilines is 2. The Morgan fingerprint density at radius 3 is 2.33 bits per heavy atom. The van der Waals surface area contributed by atoms with E-state index in [9.17, 15) is 14.4 Å². The molecule has 0 spiro atoms. The Bertz CT molecular complexity index is 1370. The van der Waals surface area contributed by atoms with E-state index in [1.165, 1.54) is 7.11 Å². The highest BCUT2D eigenvalue weighted by Crippen LogP contribution is 2.36. The monoisotopic (exact) mass is 463 g/mol. The number of amides is 2. The van der Waals surface area contributed by atoms with Gasteiger partial charge in [-0.1, -0.05) is 53.8 Å². The Hall–Kier alpha value is -4.44. The molecule has 166 valence electrons. The third-order valence-corrected chi connectivity index (χ3v) is 5.45. The number of benzene rings is 3. The van der Waals surface area contributed by atoms with Crippen molar-refractivity contribution in [2.24, 2.45) is 0 Å². The van der Waals surface area contributed by atoms with Crippen LogP contribution < -0.4 is 20.1 Å². The van der Waals surface area contributed by atoms with Crippen LogP contribution in [-0.4, -0.2) is 35.0 Å². The summed E-state index contributed by atoms with van der Waals surface area (Å²) in [6.07, 6.45) is 0. The Morgan fingerprint density at radius 1 is 0.909 bits per heavy atom. The molecule has 0 unspecified atom stereocenters. The number of para-hydroxylation sites is 2. The van der Waals surface area contributed by atoms with Crippen molar-refractivity contribution < 1.29 is 29.0 Å². The third kappa shape index (κ3) is 4.91. The van der Waals surface area contributed by atoms with Crippen LogP contribution in [0.15, 0.2) is 66.7 Å². The molecule has 2 amide bonds. The fourth-order valence-corrected chi connectivity index (χ4v) is 3.78. The molecule has 4 rings (SSSR count). The van der Waals surface area contributed by atoms with E-state index < -0.39 is 17.8 Å². The number of carboxylic acid groups (broad SMARTS) is 1. The third-order valence-electron chi connectivity index (χ3n) is 4.51. The van der Waals surface area contributed by atoms with Gasteiger partial charge < -0.3 is 19.9 Å². The Kier molecular flexibility index (Phi) is 6.18. The van der Waals surface area contributed by atoms with E-state index >= 15 is 0 Å². The molecule has 4 aromatic rings. The van der Waals surface area contributed by atoms with Gasteiger partial charge in [-0.25, -0.2) is 4.79 Å². The van der Waals surface area contributed by atoms with Crippen molar-refractivity contribution >= 4 is 51.4 Å². The number of carbonyl (C=O) groups is 3. The lowest BCUT2D eigenvalue weighted by molar-refractivity contribution is -0.147. The summed E-state index contributed by atoms with van der Waals surface area (Å²) in [6.45, 7) is 0. The number of methoxy groups -OCH3 is 1. The largest absolute Gasteiger partial charge is 0.493 e. The van der Waals surface area contributed by atoms with Gasteiger partial charge in [0.05, 0.1) is 7.11 Å². The van der Waals surface area contributed by atoms with E-state index in [4.69, 9.17) is 14.6 Å². The number of nitrogens with zero attached hydrogens (tertiary/aromatic N) is 1. The molecule has 0 saturated carbocycles. The van der Waals surface area contributed by atoms with E-state index in [0.717, 1.165) is 22.1 Å². The smallest absolute Gasteiger partial charge is 0.394 e. The van der Waals surface area contributed by atoms with Crippen molar-refractivity contribution in [3.05, 3.63) is 71.6 Å². The zero-order chi connectivity index (χ0) is 23.4. The van der Waals surface area contributed by atoms with Crippen LogP contribution in [0.4, 0.5) is 11.5 Å². The van der Waals surface area contributed by atoms with Gasteiger partial charge in [0.15, 0.2) is 17.3 Å². The van der Waals surface area contributed by atoms with Crippen molar-refractivity contribution in [2.75, 3.05) is 17.7 Å². The lowest BCUT2D eigenvalue weighted by Crippen LogP contribution is -2.23. The van der Waals surface area contributed by atoms with Gasteiger partial charge in [-0.15, -0.1) is 0 Å². The molecule has 3 N–H and O–H groups in total. The summed E-state index contributed by atoms with van der Waals surface area (Å²) in [6, 6.07) is 19.9. The highest BCUT2D eigenvalue weighted by molar-refractivity contribution is 7.16. The zero-order valence-corrected chi connectivity index (χ0v) is 18.0.